The molecule has 1 rings (SSSR count). The van der Waals surface area contributed by atoms with Crippen LogP contribution in [-0.4, -0.2) is 12.8 Å². The summed E-state index contributed by atoms with van der Waals surface area (Å²) in [6.07, 6.45) is 6.45. The zero-order chi connectivity index (χ0) is 12.5. The fourth-order valence-corrected chi connectivity index (χ4v) is 1.86. The van der Waals surface area contributed by atoms with Crippen molar-refractivity contribution in [2.45, 2.75) is 46.0 Å². The second-order valence-electron chi connectivity index (χ2n) is 4.37. The molecule has 0 bridgehead atoms. The number of oxime groups is 1. The molecule has 1 aromatic carbocycles. The first-order chi connectivity index (χ1) is 8.27. The standard InChI is InChI=1S/C15H23NO/c1-4-5-6-7-8-14-9-11-15(12-10-14)13(2)16-17-3/h9-12H,4-8H2,1-3H3/b16-13+. The van der Waals surface area contributed by atoms with E-state index in [-0.39, 0.29) is 0 Å². The minimum absolute atomic E-state index is 0.921. The summed E-state index contributed by atoms with van der Waals surface area (Å²) >= 11 is 0. The maximum Gasteiger partial charge on any atom is 0.106 e. The molecule has 0 unspecified atom stereocenters. The van der Waals surface area contributed by atoms with Gasteiger partial charge in [-0.3, -0.25) is 0 Å². The molecule has 0 saturated heterocycles. The van der Waals surface area contributed by atoms with E-state index in [2.05, 4.69) is 36.3 Å². The summed E-state index contributed by atoms with van der Waals surface area (Å²) in [5.74, 6) is 0. The molecular formula is C15H23NO. The van der Waals surface area contributed by atoms with Gasteiger partial charge in [0.1, 0.15) is 7.11 Å². The van der Waals surface area contributed by atoms with E-state index in [1.54, 1.807) is 7.11 Å². The van der Waals surface area contributed by atoms with E-state index in [1.165, 1.54) is 37.7 Å². The van der Waals surface area contributed by atoms with Crippen LogP contribution in [-0.2, 0) is 11.3 Å². The molecule has 0 radical (unpaired) electrons. The van der Waals surface area contributed by atoms with Crippen molar-refractivity contribution in [3.8, 4) is 0 Å². The number of rotatable bonds is 7. The lowest BCUT2D eigenvalue weighted by Gasteiger charge is -2.03. The first kappa shape index (κ1) is 13.8. The van der Waals surface area contributed by atoms with Crippen LogP contribution in [0.4, 0.5) is 0 Å². The molecule has 0 saturated carbocycles. The summed E-state index contributed by atoms with van der Waals surface area (Å²) in [6.45, 7) is 4.20. The highest BCUT2D eigenvalue weighted by molar-refractivity contribution is 5.98. The third-order valence-electron chi connectivity index (χ3n) is 2.92. The number of hydrogen-bond donors (Lipinski definition) is 0. The SMILES string of the molecule is CCCCCCc1ccc(/C(C)=N/OC)cc1. The summed E-state index contributed by atoms with van der Waals surface area (Å²) in [6, 6.07) is 8.62. The van der Waals surface area contributed by atoms with Gasteiger partial charge in [0.05, 0.1) is 5.71 Å². The van der Waals surface area contributed by atoms with Crippen molar-refractivity contribution in [2.75, 3.05) is 7.11 Å². The molecule has 0 heterocycles. The predicted molar refractivity (Wildman–Crippen MR) is 73.5 cm³/mol. The van der Waals surface area contributed by atoms with E-state index < -0.39 is 0 Å². The van der Waals surface area contributed by atoms with Gasteiger partial charge in [-0.25, -0.2) is 0 Å². The van der Waals surface area contributed by atoms with Crippen LogP contribution in [0.5, 0.6) is 0 Å². The lowest BCUT2D eigenvalue weighted by Crippen LogP contribution is -1.96. The van der Waals surface area contributed by atoms with Gasteiger partial charge >= 0.3 is 0 Å². The highest BCUT2D eigenvalue weighted by atomic mass is 16.6. The van der Waals surface area contributed by atoms with Crippen molar-refractivity contribution < 1.29 is 4.84 Å². The zero-order valence-corrected chi connectivity index (χ0v) is 11.2. The number of benzene rings is 1. The third-order valence-corrected chi connectivity index (χ3v) is 2.92. The molecule has 0 atom stereocenters. The molecule has 0 amide bonds. The summed E-state index contributed by atoms with van der Waals surface area (Å²) < 4.78 is 0. The fraction of sp³-hybridized carbons (Fsp3) is 0.533. The fourth-order valence-electron chi connectivity index (χ4n) is 1.86. The largest absolute Gasteiger partial charge is 0.399 e. The van der Waals surface area contributed by atoms with Gasteiger partial charge in [0.2, 0.25) is 0 Å². The Labute approximate surface area is 105 Å². The molecule has 0 aliphatic carbocycles. The number of aryl methyl sites for hydroxylation is 1. The van der Waals surface area contributed by atoms with Gasteiger partial charge in [0.25, 0.3) is 0 Å². The third kappa shape index (κ3) is 5.03. The zero-order valence-electron chi connectivity index (χ0n) is 11.2. The molecule has 94 valence electrons. The van der Waals surface area contributed by atoms with Crippen LogP contribution in [0, 0.1) is 0 Å². The van der Waals surface area contributed by atoms with Gasteiger partial charge in [0, 0.05) is 0 Å². The summed E-state index contributed by atoms with van der Waals surface area (Å²) in [7, 11) is 1.57. The van der Waals surface area contributed by atoms with Crippen LogP contribution in [0.2, 0.25) is 0 Å². The Morgan fingerprint density at radius 1 is 1.12 bits per heavy atom. The predicted octanol–water partition coefficient (Wildman–Crippen LogP) is 4.18. The first-order valence-electron chi connectivity index (χ1n) is 6.45. The average Bonchev–Trinajstić information content (AvgIpc) is 2.36. The monoisotopic (exact) mass is 233 g/mol. The van der Waals surface area contributed by atoms with Gasteiger partial charge in [-0.2, -0.15) is 0 Å². The Morgan fingerprint density at radius 2 is 1.82 bits per heavy atom. The van der Waals surface area contributed by atoms with Gasteiger partial charge in [-0.05, 0) is 30.9 Å². The molecule has 0 aliphatic heterocycles. The molecule has 0 aliphatic rings. The first-order valence-corrected chi connectivity index (χ1v) is 6.45. The molecular weight excluding hydrogens is 210 g/mol. The Morgan fingerprint density at radius 3 is 2.41 bits per heavy atom. The maximum atomic E-state index is 4.77. The van der Waals surface area contributed by atoms with E-state index in [0.717, 1.165) is 11.3 Å². The molecule has 2 nitrogen and oxygen atoms in total. The van der Waals surface area contributed by atoms with Crippen molar-refractivity contribution in [2.24, 2.45) is 5.16 Å². The van der Waals surface area contributed by atoms with E-state index in [4.69, 9.17) is 4.84 Å². The van der Waals surface area contributed by atoms with Crippen LogP contribution in [0.25, 0.3) is 0 Å². The van der Waals surface area contributed by atoms with Crippen molar-refractivity contribution >= 4 is 5.71 Å². The Hall–Kier alpha value is -1.31. The Kier molecular flexibility index (Phi) is 6.38. The summed E-state index contributed by atoms with van der Waals surface area (Å²) in [5.41, 5.74) is 3.46. The molecule has 2 heteroatoms. The Bertz CT molecular complexity index is 340. The van der Waals surface area contributed by atoms with Crippen LogP contribution >= 0.6 is 0 Å². The molecule has 0 spiro atoms. The second-order valence-corrected chi connectivity index (χ2v) is 4.37. The van der Waals surface area contributed by atoms with Gasteiger partial charge in [0.15, 0.2) is 0 Å². The van der Waals surface area contributed by atoms with E-state index in [0.29, 0.717) is 0 Å². The van der Waals surface area contributed by atoms with Crippen molar-refractivity contribution in [3.05, 3.63) is 35.4 Å². The maximum absolute atomic E-state index is 4.77. The number of unbranched alkanes of at least 4 members (excludes halogenated alkanes) is 3. The highest BCUT2D eigenvalue weighted by Gasteiger charge is 1.98. The van der Waals surface area contributed by atoms with Gasteiger partial charge in [-0.15, -0.1) is 0 Å². The van der Waals surface area contributed by atoms with Crippen LogP contribution in [0.3, 0.4) is 0 Å². The van der Waals surface area contributed by atoms with Gasteiger partial charge in [-0.1, -0.05) is 55.6 Å². The minimum Gasteiger partial charge on any atom is -0.399 e. The smallest absolute Gasteiger partial charge is 0.106 e. The second kappa shape index (κ2) is 7.88. The van der Waals surface area contributed by atoms with Crippen molar-refractivity contribution in [3.63, 3.8) is 0 Å². The number of hydrogen-bond acceptors (Lipinski definition) is 2. The molecule has 17 heavy (non-hydrogen) atoms. The van der Waals surface area contributed by atoms with Crippen LogP contribution in [0.1, 0.15) is 50.7 Å². The highest BCUT2D eigenvalue weighted by Crippen LogP contribution is 2.10. The van der Waals surface area contributed by atoms with Crippen LogP contribution < -0.4 is 0 Å². The number of nitrogens with zero attached hydrogens (tertiary/aromatic N) is 1. The average molecular weight is 233 g/mol. The van der Waals surface area contributed by atoms with Crippen molar-refractivity contribution in [1.29, 1.82) is 0 Å². The lowest BCUT2D eigenvalue weighted by atomic mass is 10.0. The van der Waals surface area contributed by atoms with E-state index in [1.807, 2.05) is 6.92 Å². The normalized spacial score (nSPS) is 11.6. The van der Waals surface area contributed by atoms with Gasteiger partial charge < -0.3 is 4.84 Å². The summed E-state index contributed by atoms with van der Waals surface area (Å²) in [4.78, 5) is 4.77. The topological polar surface area (TPSA) is 21.6 Å². The molecule has 0 fully saturated rings. The quantitative estimate of drug-likeness (QED) is 0.393. The minimum atomic E-state index is 0.921. The van der Waals surface area contributed by atoms with Crippen LogP contribution in [0.15, 0.2) is 29.4 Å². The van der Waals surface area contributed by atoms with Crippen molar-refractivity contribution in [1.82, 2.24) is 0 Å². The van der Waals surface area contributed by atoms with E-state index >= 15 is 0 Å². The molecule has 0 aromatic heterocycles. The lowest BCUT2D eigenvalue weighted by molar-refractivity contribution is 0.213. The van der Waals surface area contributed by atoms with E-state index in [9.17, 15) is 0 Å². The Balaban J connectivity index is 2.47. The molecule has 0 N–H and O–H groups in total. The molecule has 1 aromatic rings. The summed E-state index contributed by atoms with van der Waals surface area (Å²) in [5, 5.41) is 3.93.